The molecule has 2 N–H and O–H groups in total. The Balaban J connectivity index is 1.78. The Morgan fingerprint density at radius 2 is 1.46 bits per heavy atom. The highest BCUT2D eigenvalue weighted by Gasteiger charge is 1.99. The lowest BCUT2D eigenvalue weighted by Crippen LogP contribution is -2.06. The fourth-order valence-corrected chi connectivity index (χ4v) is 2.39. The molecule has 128 valence electrons. The van der Waals surface area contributed by atoms with Gasteiger partial charge in [-0.05, 0) is 54.7 Å². The van der Waals surface area contributed by atoms with E-state index in [0.29, 0.717) is 6.73 Å². The van der Waals surface area contributed by atoms with Crippen molar-refractivity contribution in [3.05, 3.63) is 59.7 Å². The summed E-state index contributed by atoms with van der Waals surface area (Å²) in [5, 5.41) is 6.03. The summed E-state index contributed by atoms with van der Waals surface area (Å²) in [6, 6.07) is 16.5. The van der Waals surface area contributed by atoms with Crippen molar-refractivity contribution in [3.63, 3.8) is 0 Å². The quantitative estimate of drug-likeness (QED) is 0.536. The van der Waals surface area contributed by atoms with Gasteiger partial charge in [0.25, 0.3) is 0 Å². The summed E-state index contributed by atoms with van der Waals surface area (Å²) in [5.74, 6) is -0.0449. The maximum atomic E-state index is 11.0. The van der Waals surface area contributed by atoms with Crippen LogP contribution in [0.2, 0.25) is 0 Å². The third kappa shape index (κ3) is 6.42. The molecule has 0 saturated carbocycles. The van der Waals surface area contributed by atoms with E-state index >= 15 is 0 Å². The van der Waals surface area contributed by atoms with Gasteiger partial charge in [-0.3, -0.25) is 4.79 Å². The van der Waals surface area contributed by atoms with E-state index in [4.69, 9.17) is 4.74 Å². The van der Waals surface area contributed by atoms with Gasteiger partial charge in [-0.25, -0.2) is 0 Å². The average Bonchev–Trinajstić information content (AvgIpc) is 2.59. The predicted octanol–water partition coefficient (Wildman–Crippen LogP) is 4.23. The molecule has 0 atom stereocenters. The van der Waals surface area contributed by atoms with Crippen LogP contribution in [-0.2, 0) is 22.4 Å². The number of hydrogen-bond donors (Lipinski definition) is 2. The van der Waals surface area contributed by atoms with Crippen molar-refractivity contribution in [3.8, 4) is 0 Å². The van der Waals surface area contributed by atoms with E-state index in [2.05, 4.69) is 54.0 Å². The average molecular weight is 326 g/mol. The fraction of sp³-hybridized carbons (Fsp3) is 0.350. The van der Waals surface area contributed by atoms with E-state index in [-0.39, 0.29) is 5.91 Å². The van der Waals surface area contributed by atoms with Crippen LogP contribution in [0.4, 0.5) is 11.4 Å². The number of aryl methyl sites for hydroxylation is 2. The van der Waals surface area contributed by atoms with Gasteiger partial charge in [-0.2, -0.15) is 0 Å². The Morgan fingerprint density at radius 1 is 0.917 bits per heavy atom. The Morgan fingerprint density at radius 3 is 1.96 bits per heavy atom. The van der Waals surface area contributed by atoms with Crippen molar-refractivity contribution in [2.45, 2.75) is 33.1 Å². The molecular formula is C20H26N2O2. The van der Waals surface area contributed by atoms with Crippen molar-refractivity contribution in [1.82, 2.24) is 0 Å². The molecule has 0 fully saturated rings. The van der Waals surface area contributed by atoms with E-state index in [1.807, 2.05) is 12.1 Å². The lowest BCUT2D eigenvalue weighted by molar-refractivity contribution is -0.114. The number of benzene rings is 2. The smallest absolute Gasteiger partial charge is 0.221 e. The molecule has 0 aliphatic heterocycles. The summed E-state index contributed by atoms with van der Waals surface area (Å²) in [4.78, 5) is 11.0. The summed E-state index contributed by atoms with van der Waals surface area (Å²) in [6.45, 7) is 4.95. The maximum absolute atomic E-state index is 11.0. The highest BCUT2D eigenvalue weighted by atomic mass is 16.5. The first-order valence-electron chi connectivity index (χ1n) is 8.44. The van der Waals surface area contributed by atoms with Crippen LogP contribution in [0.3, 0.4) is 0 Å². The number of carbonyl (C=O) groups excluding carboxylic acids is 1. The number of rotatable bonds is 9. The molecule has 0 aromatic heterocycles. The third-order valence-corrected chi connectivity index (χ3v) is 3.66. The molecule has 2 aromatic carbocycles. The molecular weight excluding hydrogens is 300 g/mol. The largest absolute Gasteiger partial charge is 0.363 e. The first-order chi connectivity index (χ1) is 11.7. The van der Waals surface area contributed by atoms with Gasteiger partial charge < -0.3 is 15.4 Å². The van der Waals surface area contributed by atoms with Crippen molar-refractivity contribution >= 4 is 17.3 Å². The lowest BCUT2D eigenvalue weighted by atomic mass is 10.0. The van der Waals surface area contributed by atoms with Crippen LogP contribution in [0.1, 0.15) is 31.4 Å². The van der Waals surface area contributed by atoms with Gasteiger partial charge >= 0.3 is 0 Å². The Kier molecular flexibility index (Phi) is 7.30. The van der Waals surface area contributed by atoms with Crippen molar-refractivity contribution in [2.75, 3.05) is 24.0 Å². The molecule has 0 aliphatic rings. The molecule has 1 amide bonds. The van der Waals surface area contributed by atoms with E-state index in [1.165, 1.54) is 18.1 Å². The molecule has 0 heterocycles. The van der Waals surface area contributed by atoms with Crippen molar-refractivity contribution < 1.29 is 9.53 Å². The summed E-state index contributed by atoms with van der Waals surface area (Å²) in [5.41, 5.74) is 4.49. The molecule has 0 saturated heterocycles. The Labute approximate surface area is 144 Å². The molecule has 0 bridgehead atoms. The van der Waals surface area contributed by atoms with E-state index in [1.54, 1.807) is 0 Å². The van der Waals surface area contributed by atoms with Gasteiger partial charge in [0.2, 0.25) is 5.91 Å². The maximum Gasteiger partial charge on any atom is 0.221 e. The van der Waals surface area contributed by atoms with Gasteiger partial charge in [0.05, 0.1) is 0 Å². The zero-order valence-electron chi connectivity index (χ0n) is 14.5. The highest BCUT2D eigenvalue weighted by Crippen LogP contribution is 2.14. The zero-order chi connectivity index (χ0) is 17.2. The minimum atomic E-state index is -0.0449. The zero-order valence-corrected chi connectivity index (χ0v) is 14.5. The minimum absolute atomic E-state index is 0.0449. The SMILES string of the molecule is CCCOCNc1ccc(CCc2ccc(NC(C)=O)cc2)cc1. The second-order valence-corrected chi connectivity index (χ2v) is 5.80. The number of anilines is 2. The van der Waals surface area contributed by atoms with Crippen LogP contribution in [0.5, 0.6) is 0 Å². The van der Waals surface area contributed by atoms with Crippen LogP contribution in [-0.4, -0.2) is 19.2 Å². The van der Waals surface area contributed by atoms with E-state index in [9.17, 15) is 4.79 Å². The standard InChI is InChI=1S/C20H26N2O2/c1-3-14-24-15-21-19-10-6-17(7-11-19)4-5-18-8-12-20(13-9-18)22-16(2)23/h6-13,21H,3-5,14-15H2,1-2H3,(H,22,23). The summed E-state index contributed by atoms with van der Waals surface area (Å²) >= 11 is 0. The van der Waals surface area contributed by atoms with Gasteiger partial charge in [0.1, 0.15) is 6.73 Å². The number of amides is 1. The fourth-order valence-electron chi connectivity index (χ4n) is 2.39. The third-order valence-electron chi connectivity index (χ3n) is 3.66. The van der Waals surface area contributed by atoms with Gasteiger partial charge in [0, 0.05) is 24.9 Å². The van der Waals surface area contributed by atoms with Gasteiger partial charge in [-0.15, -0.1) is 0 Å². The molecule has 4 nitrogen and oxygen atoms in total. The Bertz CT molecular complexity index is 621. The minimum Gasteiger partial charge on any atom is -0.363 e. The summed E-state index contributed by atoms with van der Waals surface area (Å²) in [7, 11) is 0. The van der Waals surface area contributed by atoms with Crippen molar-refractivity contribution in [1.29, 1.82) is 0 Å². The summed E-state index contributed by atoms with van der Waals surface area (Å²) in [6.07, 6.45) is 3.01. The van der Waals surface area contributed by atoms with E-state index in [0.717, 1.165) is 37.2 Å². The second-order valence-electron chi connectivity index (χ2n) is 5.80. The lowest BCUT2D eigenvalue weighted by Gasteiger charge is -2.08. The molecule has 24 heavy (non-hydrogen) atoms. The normalized spacial score (nSPS) is 10.4. The van der Waals surface area contributed by atoms with Crippen LogP contribution < -0.4 is 10.6 Å². The molecule has 0 unspecified atom stereocenters. The number of carbonyl (C=O) groups is 1. The highest BCUT2D eigenvalue weighted by molar-refractivity contribution is 5.88. The first kappa shape index (κ1) is 18.0. The monoisotopic (exact) mass is 326 g/mol. The molecule has 0 aliphatic carbocycles. The summed E-state index contributed by atoms with van der Waals surface area (Å²) < 4.78 is 5.42. The van der Waals surface area contributed by atoms with Crippen LogP contribution >= 0.6 is 0 Å². The topological polar surface area (TPSA) is 50.4 Å². The molecule has 4 heteroatoms. The number of hydrogen-bond acceptors (Lipinski definition) is 3. The van der Waals surface area contributed by atoms with Crippen LogP contribution in [0.25, 0.3) is 0 Å². The number of ether oxygens (including phenoxy) is 1. The first-order valence-corrected chi connectivity index (χ1v) is 8.44. The van der Waals surface area contributed by atoms with Crippen LogP contribution in [0.15, 0.2) is 48.5 Å². The molecule has 2 aromatic rings. The second kappa shape index (κ2) is 9.73. The van der Waals surface area contributed by atoms with E-state index < -0.39 is 0 Å². The number of nitrogens with one attached hydrogen (secondary N) is 2. The Hall–Kier alpha value is -2.33. The van der Waals surface area contributed by atoms with Gasteiger partial charge in [0.15, 0.2) is 0 Å². The van der Waals surface area contributed by atoms with Gasteiger partial charge in [-0.1, -0.05) is 31.2 Å². The van der Waals surface area contributed by atoms with Crippen molar-refractivity contribution in [2.24, 2.45) is 0 Å². The molecule has 2 rings (SSSR count). The molecule has 0 spiro atoms. The molecule has 0 radical (unpaired) electrons. The predicted molar refractivity (Wildman–Crippen MR) is 99.3 cm³/mol. The van der Waals surface area contributed by atoms with Crippen LogP contribution in [0, 0.1) is 0 Å².